The fraction of sp³-hybridized carbons (Fsp3) is 0.357. The highest BCUT2D eigenvalue weighted by Gasteiger charge is 2.22. The molecular formula is C14H17N5O3. The molecule has 8 heteroatoms. The number of amides is 1. The Morgan fingerprint density at radius 2 is 2.23 bits per heavy atom. The van der Waals surface area contributed by atoms with E-state index in [0.717, 1.165) is 6.42 Å². The Morgan fingerprint density at radius 3 is 2.82 bits per heavy atom. The Bertz CT molecular complexity index is 668. The number of nitrogens with one attached hydrogen (secondary N) is 1. The second kappa shape index (κ2) is 6.79. The number of pyridine rings is 1. The fourth-order valence-corrected chi connectivity index (χ4v) is 1.91. The third-order valence-corrected chi connectivity index (χ3v) is 3.19. The highest BCUT2D eigenvalue weighted by atomic mass is 16.4. The molecule has 2 N–H and O–H groups in total. The van der Waals surface area contributed by atoms with Gasteiger partial charge in [-0.15, -0.1) is 5.10 Å². The van der Waals surface area contributed by atoms with Crippen LogP contribution in [0.3, 0.4) is 0 Å². The SMILES string of the molecule is CCC(C)NC(=O)Cn1nnc(C(=O)O)c1-c1cccnc1. The van der Waals surface area contributed by atoms with E-state index in [-0.39, 0.29) is 29.9 Å². The Hall–Kier alpha value is -2.77. The Kier molecular flexibility index (Phi) is 4.82. The molecule has 22 heavy (non-hydrogen) atoms. The molecule has 2 aromatic heterocycles. The highest BCUT2D eigenvalue weighted by molar-refractivity contribution is 5.92. The second-order valence-corrected chi connectivity index (χ2v) is 4.87. The first-order valence-corrected chi connectivity index (χ1v) is 6.89. The molecule has 2 heterocycles. The third-order valence-electron chi connectivity index (χ3n) is 3.19. The van der Waals surface area contributed by atoms with E-state index in [1.54, 1.807) is 18.3 Å². The molecule has 1 amide bonds. The number of hydrogen-bond donors (Lipinski definition) is 2. The van der Waals surface area contributed by atoms with Gasteiger partial charge < -0.3 is 10.4 Å². The summed E-state index contributed by atoms with van der Waals surface area (Å²) in [4.78, 5) is 27.2. The van der Waals surface area contributed by atoms with Gasteiger partial charge in [-0.3, -0.25) is 9.78 Å². The standard InChI is InChI=1S/C14H17N5O3/c1-3-9(2)16-11(20)8-19-13(10-5-4-6-15-7-10)12(14(21)22)17-18-19/h4-7,9H,3,8H2,1-2H3,(H,16,20)(H,21,22). The fourth-order valence-electron chi connectivity index (χ4n) is 1.91. The first kappa shape index (κ1) is 15.6. The average molecular weight is 303 g/mol. The third kappa shape index (κ3) is 3.46. The lowest BCUT2D eigenvalue weighted by atomic mass is 10.1. The van der Waals surface area contributed by atoms with Crippen molar-refractivity contribution in [2.45, 2.75) is 32.9 Å². The van der Waals surface area contributed by atoms with Gasteiger partial charge in [-0.25, -0.2) is 9.48 Å². The number of aromatic nitrogens is 4. The molecule has 1 unspecified atom stereocenters. The lowest BCUT2D eigenvalue weighted by Crippen LogP contribution is -2.35. The van der Waals surface area contributed by atoms with Crippen LogP contribution >= 0.6 is 0 Å². The molecule has 0 spiro atoms. The minimum atomic E-state index is -1.20. The number of carbonyl (C=O) groups is 2. The van der Waals surface area contributed by atoms with Gasteiger partial charge in [0.2, 0.25) is 5.91 Å². The van der Waals surface area contributed by atoms with Crippen LogP contribution in [0.15, 0.2) is 24.5 Å². The minimum absolute atomic E-state index is 0.0387. The number of aromatic carboxylic acids is 1. The van der Waals surface area contributed by atoms with Crippen LogP contribution in [0.5, 0.6) is 0 Å². The summed E-state index contributed by atoms with van der Waals surface area (Å²) in [6.45, 7) is 3.75. The molecule has 0 radical (unpaired) electrons. The summed E-state index contributed by atoms with van der Waals surface area (Å²) < 4.78 is 1.28. The van der Waals surface area contributed by atoms with Crippen LogP contribution in [-0.4, -0.2) is 43.0 Å². The van der Waals surface area contributed by atoms with Crippen molar-refractivity contribution in [2.75, 3.05) is 0 Å². The Balaban J connectivity index is 2.33. The topological polar surface area (TPSA) is 110 Å². The van der Waals surface area contributed by atoms with Gasteiger partial charge in [0.15, 0.2) is 5.69 Å². The number of hydrogen-bond acceptors (Lipinski definition) is 5. The summed E-state index contributed by atoms with van der Waals surface area (Å²) in [6, 6.07) is 3.41. The summed E-state index contributed by atoms with van der Waals surface area (Å²) >= 11 is 0. The van der Waals surface area contributed by atoms with E-state index in [1.807, 2.05) is 13.8 Å². The molecule has 0 aliphatic rings. The number of nitrogens with zero attached hydrogens (tertiary/aromatic N) is 4. The predicted molar refractivity (Wildman–Crippen MR) is 78.1 cm³/mol. The molecule has 1 atom stereocenters. The molecule has 116 valence electrons. The van der Waals surface area contributed by atoms with E-state index in [2.05, 4.69) is 20.6 Å². The van der Waals surface area contributed by atoms with Crippen molar-refractivity contribution in [3.05, 3.63) is 30.2 Å². The van der Waals surface area contributed by atoms with Crippen LogP contribution in [0.1, 0.15) is 30.8 Å². The van der Waals surface area contributed by atoms with E-state index in [1.165, 1.54) is 10.9 Å². The van der Waals surface area contributed by atoms with Gasteiger partial charge >= 0.3 is 5.97 Å². The van der Waals surface area contributed by atoms with Crippen molar-refractivity contribution in [1.29, 1.82) is 0 Å². The van der Waals surface area contributed by atoms with E-state index in [4.69, 9.17) is 0 Å². The first-order chi connectivity index (χ1) is 10.5. The lowest BCUT2D eigenvalue weighted by molar-refractivity contribution is -0.122. The van der Waals surface area contributed by atoms with Gasteiger partial charge in [0, 0.05) is 24.0 Å². The van der Waals surface area contributed by atoms with Gasteiger partial charge in [0.25, 0.3) is 0 Å². The lowest BCUT2D eigenvalue weighted by Gasteiger charge is -2.12. The molecule has 2 rings (SSSR count). The predicted octanol–water partition coefficient (Wildman–Crippen LogP) is 0.953. The van der Waals surface area contributed by atoms with Crippen molar-refractivity contribution >= 4 is 11.9 Å². The van der Waals surface area contributed by atoms with Crippen molar-refractivity contribution in [2.24, 2.45) is 0 Å². The van der Waals surface area contributed by atoms with Gasteiger partial charge in [-0.05, 0) is 25.5 Å². The van der Waals surface area contributed by atoms with Gasteiger partial charge in [-0.2, -0.15) is 0 Å². The Morgan fingerprint density at radius 1 is 1.45 bits per heavy atom. The van der Waals surface area contributed by atoms with Crippen LogP contribution in [0.25, 0.3) is 11.3 Å². The zero-order chi connectivity index (χ0) is 16.1. The van der Waals surface area contributed by atoms with Crippen LogP contribution < -0.4 is 5.32 Å². The van der Waals surface area contributed by atoms with Crippen LogP contribution in [0, 0.1) is 0 Å². The monoisotopic (exact) mass is 303 g/mol. The van der Waals surface area contributed by atoms with Crippen LogP contribution in [0.4, 0.5) is 0 Å². The maximum atomic E-state index is 12.0. The summed E-state index contributed by atoms with van der Waals surface area (Å²) in [6.07, 6.45) is 3.89. The number of carbonyl (C=O) groups excluding carboxylic acids is 1. The molecule has 0 saturated heterocycles. The zero-order valence-electron chi connectivity index (χ0n) is 12.4. The zero-order valence-corrected chi connectivity index (χ0v) is 12.4. The van der Waals surface area contributed by atoms with Gasteiger partial charge in [0.05, 0.1) is 0 Å². The highest BCUT2D eigenvalue weighted by Crippen LogP contribution is 2.21. The summed E-state index contributed by atoms with van der Waals surface area (Å²) in [7, 11) is 0. The summed E-state index contributed by atoms with van der Waals surface area (Å²) in [5, 5.41) is 19.5. The molecule has 0 aliphatic heterocycles. The molecule has 2 aromatic rings. The van der Waals surface area contributed by atoms with Gasteiger partial charge in [-0.1, -0.05) is 12.1 Å². The molecule has 0 aliphatic carbocycles. The van der Waals surface area contributed by atoms with E-state index in [9.17, 15) is 14.7 Å². The maximum absolute atomic E-state index is 12.0. The first-order valence-electron chi connectivity index (χ1n) is 6.89. The van der Waals surface area contributed by atoms with Crippen molar-refractivity contribution in [1.82, 2.24) is 25.3 Å². The van der Waals surface area contributed by atoms with Crippen molar-refractivity contribution in [3.8, 4) is 11.3 Å². The Labute approximate surface area is 127 Å². The minimum Gasteiger partial charge on any atom is -0.476 e. The quantitative estimate of drug-likeness (QED) is 0.822. The van der Waals surface area contributed by atoms with Crippen LogP contribution in [0.2, 0.25) is 0 Å². The number of rotatable bonds is 6. The van der Waals surface area contributed by atoms with Gasteiger partial charge in [0.1, 0.15) is 12.2 Å². The number of carboxylic acid groups (broad SMARTS) is 1. The van der Waals surface area contributed by atoms with Crippen molar-refractivity contribution < 1.29 is 14.7 Å². The normalized spacial score (nSPS) is 11.9. The smallest absolute Gasteiger partial charge is 0.358 e. The maximum Gasteiger partial charge on any atom is 0.358 e. The van der Waals surface area contributed by atoms with E-state index in [0.29, 0.717) is 5.56 Å². The number of carboxylic acids is 1. The molecule has 0 bridgehead atoms. The largest absolute Gasteiger partial charge is 0.476 e. The average Bonchev–Trinajstić information content (AvgIpc) is 2.91. The van der Waals surface area contributed by atoms with E-state index < -0.39 is 5.97 Å². The molecular weight excluding hydrogens is 286 g/mol. The molecule has 0 saturated carbocycles. The second-order valence-electron chi connectivity index (χ2n) is 4.87. The van der Waals surface area contributed by atoms with Crippen LogP contribution in [-0.2, 0) is 11.3 Å². The summed E-state index contributed by atoms with van der Waals surface area (Å²) in [5.74, 6) is -1.45. The molecule has 8 nitrogen and oxygen atoms in total. The molecule has 0 fully saturated rings. The van der Waals surface area contributed by atoms with E-state index >= 15 is 0 Å². The van der Waals surface area contributed by atoms with Crippen molar-refractivity contribution in [3.63, 3.8) is 0 Å². The molecule has 0 aromatic carbocycles. The summed E-state index contributed by atoms with van der Waals surface area (Å²) in [5.41, 5.74) is 0.602.